The van der Waals surface area contributed by atoms with Crippen molar-refractivity contribution >= 4 is 11.7 Å². The van der Waals surface area contributed by atoms with Crippen LogP contribution in [0.15, 0.2) is 47.2 Å². The summed E-state index contributed by atoms with van der Waals surface area (Å²) >= 11 is 0. The van der Waals surface area contributed by atoms with Crippen LogP contribution in [0, 0.1) is 0 Å². The molecule has 3 heterocycles. The van der Waals surface area contributed by atoms with Crippen LogP contribution in [0.1, 0.15) is 11.8 Å². The van der Waals surface area contributed by atoms with Gasteiger partial charge in [0, 0.05) is 31.0 Å². The van der Waals surface area contributed by atoms with Crippen molar-refractivity contribution in [2.75, 3.05) is 32.6 Å². The highest BCUT2D eigenvalue weighted by Crippen LogP contribution is 2.35. The molecule has 9 heteroatoms. The lowest BCUT2D eigenvalue weighted by Gasteiger charge is -2.37. The monoisotopic (exact) mass is 381 g/mol. The van der Waals surface area contributed by atoms with Crippen LogP contribution in [0.3, 0.4) is 0 Å². The van der Waals surface area contributed by atoms with E-state index in [1.54, 1.807) is 42.6 Å². The number of amides is 2. The average molecular weight is 381 g/mol. The SMILES string of the molecule is COc1cccc(NC(=O)N2CC(c3nc(-c4cccnc4)no3)C2)c1OC. The number of hydrogen-bond donors (Lipinski definition) is 1. The molecule has 4 rings (SSSR count). The van der Waals surface area contributed by atoms with Gasteiger partial charge in [0.2, 0.25) is 11.7 Å². The van der Waals surface area contributed by atoms with Crippen molar-refractivity contribution in [3.63, 3.8) is 0 Å². The Bertz CT molecular complexity index is 969. The molecule has 1 fully saturated rings. The quantitative estimate of drug-likeness (QED) is 0.725. The summed E-state index contributed by atoms with van der Waals surface area (Å²) in [7, 11) is 3.08. The number of ether oxygens (including phenoxy) is 2. The van der Waals surface area contributed by atoms with Crippen molar-refractivity contribution in [2.45, 2.75) is 5.92 Å². The van der Waals surface area contributed by atoms with Crippen LogP contribution < -0.4 is 14.8 Å². The maximum absolute atomic E-state index is 12.5. The largest absolute Gasteiger partial charge is 0.493 e. The molecule has 0 radical (unpaired) electrons. The standard InChI is InChI=1S/C19H19N5O4/c1-26-15-7-3-6-14(16(15)27-2)21-19(25)24-10-13(11-24)18-22-17(23-28-18)12-5-4-8-20-9-12/h3-9,13H,10-11H2,1-2H3,(H,21,25). The second kappa shape index (κ2) is 7.55. The molecule has 9 nitrogen and oxygen atoms in total. The van der Waals surface area contributed by atoms with E-state index in [9.17, 15) is 4.79 Å². The fraction of sp³-hybridized carbons (Fsp3) is 0.263. The highest BCUT2D eigenvalue weighted by Gasteiger charge is 2.36. The third kappa shape index (κ3) is 3.34. The minimum atomic E-state index is -0.227. The molecule has 0 aliphatic carbocycles. The van der Waals surface area contributed by atoms with Gasteiger partial charge in [-0.25, -0.2) is 4.79 Å². The third-order valence-corrected chi connectivity index (χ3v) is 4.52. The minimum absolute atomic E-state index is 0.0101. The molecule has 0 unspecified atom stereocenters. The zero-order chi connectivity index (χ0) is 19.5. The number of rotatable bonds is 5. The number of benzene rings is 1. The Balaban J connectivity index is 1.38. The zero-order valence-electron chi connectivity index (χ0n) is 15.5. The predicted octanol–water partition coefficient (Wildman–Crippen LogP) is 2.78. The molecular formula is C19H19N5O4. The molecule has 1 aliphatic heterocycles. The molecule has 2 aromatic heterocycles. The number of pyridine rings is 1. The molecule has 0 saturated carbocycles. The maximum atomic E-state index is 12.5. The van der Waals surface area contributed by atoms with E-state index in [-0.39, 0.29) is 11.9 Å². The lowest BCUT2D eigenvalue weighted by atomic mass is 10.0. The molecule has 2 amide bonds. The van der Waals surface area contributed by atoms with Crippen LogP contribution in [0.25, 0.3) is 11.4 Å². The number of methoxy groups -OCH3 is 2. The Hall–Kier alpha value is -3.62. The number of aromatic nitrogens is 3. The Morgan fingerprint density at radius 2 is 2.07 bits per heavy atom. The van der Waals surface area contributed by atoms with E-state index in [4.69, 9.17) is 14.0 Å². The van der Waals surface area contributed by atoms with E-state index >= 15 is 0 Å². The Kier molecular flexibility index (Phi) is 4.79. The summed E-state index contributed by atoms with van der Waals surface area (Å²) in [5.74, 6) is 2.05. The molecule has 1 aromatic carbocycles. The average Bonchev–Trinajstić information content (AvgIpc) is 3.17. The molecule has 0 atom stereocenters. The first kappa shape index (κ1) is 17.8. The van der Waals surface area contributed by atoms with Crippen molar-refractivity contribution in [3.8, 4) is 22.9 Å². The molecule has 1 N–H and O–H groups in total. The minimum Gasteiger partial charge on any atom is -0.493 e. The molecule has 28 heavy (non-hydrogen) atoms. The van der Waals surface area contributed by atoms with Gasteiger partial charge in [0.25, 0.3) is 0 Å². The van der Waals surface area contributed by atoms with Crippen molar-refractivity contribution in [2.24, 2.45) is 0 Å². The molecule has 0 bridgehead atoms. The van der Waals surface area contributed by atoms with Gasteiger partial charge < -0.3 is 24.2 Å². The first-order valence-corrected chi connectivity index (χ1v) is 8.70. The molecule has 1 saturated heterocycles. The van der Waals surface area contributed by atoms with E-state index in [1.807, 2.05) is 12.1 Å². The Labute approximate surface area is 161 Å². The van der Waals surface area contributed by atoms with Gasteiger partial charge in [-0.1, -0.05) is 11.2 Å². The number of carbonyl (C=O) groups excluding carboxylic acids is 1. The highest BCUT2D eigenvalue weighted by molar-refractivity contribution is 5.92. The van der Waals surface area contributed by atoms with E-state index in [0.717, 1.165) is 5.56 Å². The number of anilines is 1. The summed E-state index contributed by atoms with van der Waals surface area (Å²) < 4.78 is 15.9. The lowest BCUT2D eigenvalue weighted by molar-refractivity contribution is 0.147. The van der Waals surface area contributed by atoms with Gasteiger partial charge in [-0.05, 0) is 24.3 Å². The van der Waals surface area contributed by atoms with Crippen molar-refractivity contribution < 1.29 is 18.8 Å². The Morgan fingerprint density at radius 1 is 1.21 bits per heavy atom. The first-order valence-electron chi connectivity index (χ1n) is 8.70. The van der Waals surface area contributed by atoms with Gasteiger partial charge in [0.1, 0.15) is 0 Å². The fourth-order valence-electron chi connectivity index (χ4n) is 2.99. The van der Waals surface area contributed by atoms with Crippen molar-refractivity contribution in [1.29, 1.82) is 0 Å². The van der Waals surface area contributed by atoms with E-state index < -0.39 is 0 Å². The number of likely N-dealkylation sites (tertiary alicyclic amines) is 1. The number of nitrogens with zero attached hydrogens (tertiary/aromatic N) is 4. The van der Waals surface area contributed by atoms with E-state index in [1.165, 1.54) is 7.11 Å². The summed E-state index contributed by atoms with van der Waals surface area (Å²) in [6.07, 6.45) is 3.36. The van der Waals surface area contributed by atoms with E-state index in [2.05, 4.69) is 20.4 Å². The van der Waals surface area contributed by atoms with Crippen LogP contribution in [0.5, 0.6) is 11.5 Å². The molecule has 144 valence electrons. The smallest absolute Gasteiger partial charge is 0.321 e. The van der Waals surface area contributed by atoms with Crippen LogP contribution in [0.2, 0.25) is 0 Å². The van der Waals surface area contributed by atoms with Gasteiger partial charge in [-0.3, -0.25) is 4.98 Å². The van der Waals surface area contributed by atoms with Crippen molar-refractivity contribution in [1.82, 2.24) is 20.0 Å². The van der Waals surface area contributed by atoms with Crippen LogP contribution in [-0.2, 0) is 0 Å². The molecule has 0 spiro atoms. The summed E-state index contributed by atoms with van der Waals surface area (Å²) in [6, 6.07) is 8.76. The number of urea groups is 1. The number of hydrogen-bond acceptors (Lipinski definition) is 7. The molecular weight excluding hydrogens is 362 g/mol. The van der Waals surface area contributed by atoms with Gasteiger partial charge in [0.05, 0.1) is 25.8 Å². The predicted molar refractivity (Wildman–Crippen MR) is 100 cm³/mol. The summed E-state index contributed by atoms with van der Waals surface area (Å²) in [6.45, 7) is 0.986. The van der Waals surface area contributed by atoms with Gasteiger partial charge >= 0.3 is 6.03 Å². The van der Waals surface area contributed by atoms with Crippen molar-refractivity contribution in [3.05, 3.63) is 48.6 Å². The zero-order valence-corrected chi connectivity index (χ0v) is 15.5. The van der Waals surface area contributed by atoms with E-state index in [0.29, 0.717) is 42.0 Å². The van der Waals surface area contributed by atoms with Gasteiger partial charge in [0.15, 0.2) is 11.5 Å². The van der Waals surface area contributed by atoms with Crippen LogP contribution in [0.4, 0.5) is 10.5 Å². The third-order valence-electron chi connectivity index (χ3n) is 4.52. The fourth-order valence-corrected chi connectivity index (χ4v) is 2.99. The number of para-hydroxylation sites is 1. The number of nitrogens with one attached hydrogen (secondary N) is 1. The summed E-state index contributed by atoms with van der Waals surface area (Å²) in [5, 5.41) is 6.84. The number of carbonyl (C=O) groups is 1. The van der Waals surface area contributed by atoms with Gasteiger partial charge in [-0.15, -0.1) is 0 Å². The van der Waals surface area contributed by atoms with Crippen LogP contribution in [-0.4, -0.2) is 53.4 Å². The molecule has 3 aromatic rings. The second-order valence-electron chi connectivity index (χ2n) is 6.27. The summed E-state index contributed by atoms with van der Waals surface area (Å²) in [4.78, 5) is 22.6. The lowest BCUT2D eigenvalue weighted by Crippen LogP contribution is -2.50. The second-order valence-corrected chi connectivity index (χ2v) is 6.27. The van der Waals surface area contributed by atoms with Crippen LogP contribution >= 0.6 is 0 Å². The molecule has 1 aliphatic rings. The topological polar surface area (TPSA) is 103 Å². The summed E-state index contributed by atoms with van der Waals surface area (Å²) in [5.41, 5.74) is 1.34. The first-order chi connectivity index (χ1) is 13.7. The maximum Gasteiger partial charge on any atom is 0.321 e. The highest BCUT2D eigenvalue weighted by atomic mass is 16.5. The van der Waals surface area contributed by atoms with Gasteiger partial charge in [-0.2, -0.15) is 4.98 Å². The Morgan fingerprint density at radius 3 is 2.79 bits per heavy atom. The normalized spacial score (nSPS) is 13.7.